The van der Waals surface area contributed by atoms with Gasteiger partial charge in [0.2, 0.25) is 0 Å². The number of benzene rings is 1. The zero-order valence-corrected chi connectivity index (χ0v) is 18.4. The fraction of sp³-hybridized carbons (Fsp3) is 0.455. The Bertz CT molecular complexity index is 897. The first-order valence-electron chi connectivity index (χ1n) is 9.94. The van der Waals surface area contributed by atoms with Crippen LogP contribution in [0.2, 0.25) is 0 Å². The van der Waals surface area contributed by atoms with Crippen molar-refractivity contribution >= 4 is 18.0 Å². The molecule has 2 aromatic rings. The van der Waals surface area contributed by atoms with Gasteiger partial charge < -0.3 is 23.9 Å². The van der Waals surface area contributed by atoms with Crippen molar-refractivity contribution in [1.29, 1.82) is 0 Å². The van der Waals surface area contributed by atoms with Crippen LogP contribution < -0.4 is 10.1 Å². The van der Waals surface area contributed by atoms with Gasteiger partial charge in [0.1, 0.15) is 17.6 Å². The molecule has 9 heteroatoms. The van der Waals surface area contributed by atoms with Gasteiger partial charge in [-0.3, -0.25) is 9.59 Å². The fourth-order valence-electron chi connectivity index (χ4n) is 2.72. The molecular weight excluding hydrogens is 404 g/mol. The van der Waals surface area contributed by atoms with Crippen molar-refractivity contribution in [1.82, 2.24) is 10.3 Å². The molecule has 31 heavy (non-hydrogen) atoms. The van der Waals surface area contributed by atoms with E-state index < -0.39 is 23.6 Å². The minimum Gasteiger partial charge on any atom is -0.466 e. The molecule has 0 bridgehead atoms. The van der Waals surface area contributed by atoms with Crippen LogP contribution in [0.4, 0.5) is 4.79 Å². The van der Waals surface area contributed by atoms with Gasteiger partial charge >= 0.3 is 12.1 Å². The maximum atomic E-state index is 12.1. The lowest BCUT2D eigenvalue weighted by molar-refractivity contribution is -0.143. The first kappa shape index (κ1) is 23.9. The molecule has 1 aromatic heterocycles. The average molecular weight is 432 g/mol. The molecule has 0 saturated carbocycles. The summed E-state index contributed by atoms with van der Waals surface area (Å²) in [4.78, 5) is 39.8. The Labute approximate surface area is 181 Å². The molecule has 168 valence electrons. The van der Waals surface area contributed by atoms with Crippen LogP contribution in [0.15, 0.2) is 34.9 Å². The Hall–Kier alpha value is -3.36. The highest BCUT2D eigenvalue weighted by Crippen LogP contribution is 2.26. The number of carbonyl (C=O) groups excluding carboxylic acids is 3. The molecule has 0 fully saturated rings. The normalized spacial score (nSPS) is 12.0. The molecule has 0 spiro atoms. The topological polar surface area (TPSA) is 117 Å². The van der Waals surface area contributed by atoms with Gasteiger partial charge in [-0.25, -0.2) is 9.78 Å². The summed E-state index contributed by atoms with van der Waals surface area (Å²) >= 11 is 0. The number of esters is 1. The standard InChI is InChI=1S/C22H28N2O7/c1-6-28-18(25)12-15(20-24-17(13-29-20)19(26)23-5)11-14-7-9-16(10-8-14)30-21(27)31-22(2,3)4/h7-10,13,15H,6,11-12H2,1-5H3,(H,23,26). The van der Waals surface area contributed by atoms with Crippen LogP contribution in [0.5, 0.6) is 5.75 Å². The molecule has 1 heterocycles. The lowest BCUT2D eigenvalue weighted by Gasteiger charge is -2.18. The molecule has 0 aliphatic carbocycles. The van der Waals surface area contributed by atoms with Crippen LogP contribution >= 0.6 is 0 Å². The van der Waals surface area contributed by atoms with E-state index in [1.165, 1.54) is 13.3 Å². The molecule has 1 amide bonds. The smallest absolute Gasteiger partial charge is 0.466 e. The van der Waals surface area contributed by atoms with Crippen molar-refractivity contribution in [2.45, 2.75) is 52.1 Å². The summed E-state index contributed by atoms with van der Waals surface area (Å²) in [5.74, 6) is -0.612. The van der Waals surface area contributed by atoms with Crippen LogP contribution in [0.1, 0.15) is 62.0 Å². The number of hydrogen-bond acceptors (Lipinski definition) is 8. The number of ether oxygens (including phenoxy) is 3. The summed E-state index contributed by atoms with van der Waals surface area (Å²) in [6.45, 7) is 7.24. The van der Waals surface area contributed by atoms with Crippen LogP contribution in [0.25, 0.3) is 0 Å². The Kier molecular flexibility index (Phi) is 8.18. The molecule has 1 N–H and O–H groups in total. The molecule has 1 aromatic carbocycles. The third kappa shape index (κ3) is 7.76. The Morgan fingerprint density at radius 3 is 2.42 bits per heavy atom. The number of hydrogen-bond donors (Lipinski definition) is 1. The summed E-state index contributed by atoms with van der Waals surface area (Å²) in [6.07, 6.45) is 0.906. The van der Waals surface area contributed by atoms with Gasteiger partial charge in [-0.1, -0.05) is 12.1 Å². The molecule has 0 saturated heterocycles. The van der Waals surface area contributed by atoms with E-state index in [-0.39, 0.29) is 30.5 Å². The highest BCUT2D eigenvalue weighted by Gasteiger charge is 2.24. The predicted octanol–water partition coefficient (Wildman–Crippen LogP) is 3.63. The molecular formula is C22H28N2O7. The maximum absolute atomic E-state index is 12.1. The third-order valence-corrected chi connectivity index (χ3v) is 4.05. The highest BCUT2D eigenvalue weighted by atomic mass is 16.7. The van der Waals surface area contributed by atoms with Gasteiger partial charge in [0, 0.05) is 7.05 Å². The number of nitrogens with one attached hydrogen (secondary N) is 1. The van der Waals surface area contributed by atoms with Crippen molar-refractivity contribution in [3.05, 3.63) is 47.7 Å². The molecule has 0 aliphatic heterocycles. The monoisotopic (exact) mass is 432 g/mol. The van der Waals surface area contributed by atoms with Gasteiger partial charge in [0.15, 0.2) is 11.6 Å². The molecule has 1 atom stereocenters. The Morgan fingerprint density at radius 1 is 1.16 bits per heavy atom. The van der Waals surface area contributed by atoms with Gasteiger partial charge in [-0.15, -0.1) is 0 Å². The number of carbonyl (C=O) groups is 3. The Balaban J connectivity index is 2.12. The van der Waals surface area contributed by atoms with Gasteiger partial charge in [0.25, 0.3) is 5.91 Å². The molecule has 0 aliphatic rings. The van der Waals surface area contributed by atoms with E-state index in [9.17, 15) is 14.4 Å². The summed E-state index contributed by atoms with van der Waals surface area (Å²) in [7, 11) is 1.49. The lowest BCUT2D eigenvalue weighted by Crippen LogP contribution is -2.25. The van der Waals surface area contributed by atoms with Crippen molar-refractivity contribution in [2.24, 2.45) is 0 Å². The molecule has 1 unspecified atom stereocenters. The third-order valence-electron chi connectivity index (χ3n) is 4.05. The lowest BCUT2D eigenvalue weighted by atomic mass is 9.96. The van der Waals surface area contributed by atoms with Crippen molar-refractivity contribution in [3.63, 3.8) is 0 Å². The second kappa shape index (κ2) is 10.6. The molecule has 0 radical (unpaired) electrons. The average Bonchev–Trinajstić information content (AvgIpc) is 3.17. The van der Waals surface area contributed by atoms with E-state index in [4.69, 9.17) is 18.6 Å². The zero-order valence-electron chi connectivity index (χ0n) is 18.4. The predicted molar refractivity (Wildman–Crippen MR) is 111 cm³/mol. The van der Waals surface area contributed by atoms with E-state index in [0.717, 1.165) is 5.56 Å². The van der Waals surface area contributed by atoms with E-state index in [2.05, 4.69) is 10.3 Å². The minimum atomic E-state index is -0.790. The summed E-state index contributed by atoms with van der Waals surface area (Å²) < 4.78 is 20.8. The van der Waals surface area contributed by atoms with E-state index >= 15 is 0 Å². The summed E-state index contributed by atoms with van der Waals surface area (Å²) in [6, 6.07) is 6.79. The maximum Gasteiger partial charge on any atom is 0.514 e. The largest absolute Gasteiger partial charge is 0.514 e. The van der Waals surface area contributed by atoms with Crippen LogP contribution in [0, 0.1) is 0 Å². The van der Waals surface area contributed by atoms with Crippen molar-refractivity contribution in [3.8, 4) is 5.75 Å². The second-order valence-corrected chi connectivity index (χ2v) is 7.77. The first-order valence-corrected chi connectivity index (χ1v) is 9.94. The van der Waals surface area contributed by atoms with Crippen LogP contribution in [-0.4, -0.2) is 42.3 Å². The summed E-state index contributed by atoms with van der Waals surface area (Å²) in [5.41, 5.74) is 0.332. The summed E-state index contributed by atoms with van der Waals surface area (Å²) in [5, 5.41) is 2.48. The fourth-order valence-corrected chi connectivity index (χ4v) is 2.72. The van der Waals surface area contributed by atoms with Gasteiger partial charge in [-0.05, 0) is 51.8 Å². The number of aromatic nitrogens is 1. The SMILES string of the molecule is CCOC(=O)CC(Cc1ccc(OC(=O)OC(C)(C)C)cc1)c1nc(C(=O)NC)co1. The van der Waals surface area contributed by atoms with Gasteiger partial charge in [-0.2, -0.15) is 0 Å². The van der Waals surface area contributed by atoms with Crippen LogP contribution in [-0.2, 0) is 20.7 Å². The van der Waals surface area contributed by atoms with E-state index in [0.29, 0.717) is 12.2 Å². The number of oxazole rings is 1. The van der Waals surface area contributed by atoms with Crippen molar-refractivity contribution < 1.29 is 33.0 Å². The Morgan fingerprint density at radius 2 is 1.84 bits per heavy atom. The molecule has 9 nitrogen and oxygen atoms in total. The van der Waals surface area contributed by atoms with Gasteiger partial charge in [0.05, 0.1) is 18.9 Å². The quantitative estimate of drug-likeness (QED) is 0.496. The van der Waals surface area contributed by atoms with E-state index in [1.54, 1.807) is 52.0 Å². The number of amides is 1. The number of rotatable bonds is 8. The van der Waals surface area contributed by atoms with E-state index in [1.807, 2.05) is 0 Å². The first-order chi connectivity index (χ1) is 14.6. The van der Waals surface area contributed by atoms with Crippen molar-refractivity contribution in [2.75, 3.05) is 13.7 Å². The zero-order chi connectivity index (χ0) is 23.0. The second-order valence-electron chi connectivity index (χ2n) is 7.77. The van der Waals surface area contributed by atoms with Crippen LogP contribution in [0.3, 0.4) is 0 Å². The highest BCUT2D eigenvalue weighted by molar-refractivity contribution is 5.91. The number of nitrogens with zero attached hydrogens (tertiary/aromatic N) is 1. The molecule has 2 rings (SSSR count). The minimum absolute atomic E-state index is 0.0394.